The first-order chi connectivity index (χ1) is 30.7. The van der Waals surface area contributed by atoms with Gasteiger partial charge in [-0.25, -0.2) is 0 Å². The van der Waals surface area contributed by atoms with Crippen LogP contribution in [0.15, 0.2) is 180 Å². The smallest absolute Gasteiger partial charge is 0.135 e. The van der Waals surface area contributed by atoms with E-state index in [0.717, 1.165) is 29.1 Å². The fourth-order valence-electron chi connectivity index (χ4n) is 10.8. The fraction of sp³-hybridized carbons (Fsp3) is 0.153. The van der Waals surface area contributed by atoms with Crippen LogP contribution in [0.1, 0.15) is 67.4 Å². The number of rotatable bonds is 7. The maximum absolute atomic E-state index is 6.40. The van der Waals surface area contributed by atoms with Crippen molar-refractivity contribution in [1.29, 1.82) is 0 Å². The van der Waals surface area contributed by atoms with Gasteiger partial charge in [0, 0.05) is 48.1 Å². The third-order valence-corrected chi connectivity index (χ3v) is 15.0. The van der Waals surface area contributed by atoms with Gasteiger partial charge in [0.05, 0.1) is 5.69 Å². The van der Waals surface area contributed by atoms with Crippen LogP contribution in [0.4, 0.5) is 17.1 Å². The Morgan fingerprint density at radius 1 is 0.548 bits per heavy atom. The van der Waals surface area contributed by atoms with Crippen LogP contribution in [0.5, 0.6) is 0 Å². The normalized spacial score (nSPS) is 15.6. The molecule has 8 aromatic carbocycles. The van der Waals surface area contributed by atoms with E-state index < -0.39 is 0 Å². The Bertz CT molecular complexity index is 3320. The molecule has 0 spiro atoms. The Labute approximate surface area is 367 Å². The number of fused-ring (bicyclic) bond motifs is 7. The topological polar surface area (TPSA) is 16.4 Å². The average molecular weight is 818 g/mol. The van der Waals surface area contributed by atoms with Gasteiger partial charge in [-0.05, 0) is 124 Å². The summed E-state index contributed by atoms with van der Waals surface area (Å²) >= 11 is 1.89. The van der Waals surface area contributed by atoms with E-state index in [2.05, 4.69) is 194 Å². The zero-order chi connectivity index (χ0) is 41.1. The van der Waals surface area contributed by atoms with Crippen molar-refractivity contribution in [3.63, 3.8) is 0 Å². The lowest BCUT2D eigenvalue weighted by Crippen LogP contribution is -2.12. The molecular formula is C59H47NOS. The summed E-state index contributed by atoms with van der Waals surface area (Å²) in [7, 11) is 0. The molecule has 300 valence electrons. The predicted octanol–water partition coefficient (Wildman–Crippen LogP) is 17.5. The molecular weight excluding hydrogens is 771 g/mol. The van der Waals surface area contributed by atoms with Crippen LogP contribution < -0.4 is 4.90 Å². The molecule has 2 aliphatic carbocycles. The van der Waals surface area contributed by atoms with E-state index in [9.17, 15) is 0 Å². The largest absolute Gasteiger partial charge is 0.456 e. The number of benzene rings is 8. The minimum atomic E-state index is 0.369. The minimum Gasteiger partial charge on any atom is -0.456 e. The van der Waals surface area contributed by atoms with Gasteiger partial charge in [-0.2, -0.15) is 0 Å². The minimum absolute atomic E-state index is 0.369. The van der Waals surface area contributed by atoms with Crippen LogP contribution in [0.25, 0.3) is 75.8 Å². The second-order valence-electron chi connectivity index (χ2n) is 17.5. The van der Waals surface area contributed by atoms with Gasteiger partial charge in [-0.15, -0.1) is 11.3 Å². The van der Waals surface area contributed by atoms with E-state index in [1.54, 1.807) is 0 Å². The summed E-state index contributed by atoms with van der Waals surface area (Å²) in [6.45, 7) is 2.35. The van der Waals surface area contributed by atoms with E-state index in [0.29, 0.717) is 11.8 Å². The summed E-state index contributed by atoms with van der Waals surface area (Å²) in [6.07, 6.45) is 9.75. The van der Waals surface area contributed by atoms with Crippen molar-refractivity contribution in [2.45, 2.75) is 51.4 Å². The maximum Gasteiger partial charge on any atom is 0.135 e. The Kier molecular flexibility index (Phi) is 9.19. The van der Waals surface area contributed by atoms with Crippen molar-refractivity contribution in [1.82, 2.24) is 0 Å². The van der Waals surface area contributed by atoms with Crippen LogP contribution in [-0.2, 0) is 6.42 Å². The second kappa shape index (κ2) is 15.3. The SMILES string of the molecule is CC1Cc2c(oc3ccccc23)C=C1c1ccc(N(c2ccc(-c3cccc4c3sc3ccccc34)cc2)c2ccccc2-c2cccc3cccc(C4CCCCC4)c23)cc1. The number of thiophene rings is 1. The highest BCUT2D eigenvalue weighted by Gasteiger charge is 2.26. The van der Waals surface area contributed by atoms with Crippen LogP contribution in [0.2, 0.25) is 0 Å². The van der Waals surface area contributed by atoms with Gasteiger partial charge in [0.2, 0.25) is 0 Å². The molecule has 3 heteroatoms. The van der Waals surface area contributed by atoms with Crippen LogP contribution in [-0.4, -0.2) is 0 Å². The van der Waals surface area contributed by atoms with Gasteiger partial charge >= 0.3 is 0 Å². The molecule has 2 nitrogen and oxygen atoms in total. The van der Waals surface area contributed by atoms with Gasteiger partial charge in [0.15, 0.2) is 0 Å². The standard InChI is InChI=1S/C59H47NOS/c1-38-36-53-48-19-6-9-26-55(48)61-56(53)37-52(38)41-30-34-44(35-31-41)60(43-32-28-40(29-33-43)46-22-13-24-51-49-20-7-10-27-57(49)62-59(46)51)54-25-8-5-18-47(54)50-23-12-17-42-16-11-21-45(58(42)50)39-14-3-2-4-15-39/h5-13,16-35,37-39H,2-4,14-15,36H2,1H3. The lowest BCUT2D eigenvalue weighted by molar-refractivity contribution is 0.445. The van der Waals surface area contributed by atoms with Crippen molar-refractivity contribution in [2.24, 2.45) is 5.92 Å². The number of allylic oxidation sites excluding steroid dienone is 1. The number of para-hydroxylation sites is 2. The summed E-state index contributed by atoms with van der Waals surface area (Å²) in [5.74, 6) is 1.95. The Morgan fingerprint density at radius 3 is 2.02 bits per heavy atom. The zero-order valence-corrected chi connectivity index (χ0v) is 35.8. The number of hydrogen-bond acceptors (Lipinski definition) is 3. The first-order valence-corrected chi connectivity index (χ1v) is 23.2. The summed E-state index contributed by atoms with van der Waals surface area (Å²) in [5.41, 5.74) is 14.8. The molecule has 0 aliphatic heterocycles. The lowest BCUT2D eigenvalue weighted by atomic mass is 9.80. The molecule has 1 unspecified atom stereocenters. The second-order valence-corrected chi connectivity index (χ2v) is 18.5. The van der Waals surface area contributed by atoms with Crippen LogP contribution in [0, 0.1) is 5.92 Å². The molecule has 0 radical (unpaired) electrons. The number of furan rings is 1. The first kappa shape index (κ1) is 37.1. The van der Waals surface area contributed by atoms with E-state index in [4.69, 9.17) is 4.42 Å². The molecule has 2 heterocycles. The monoisotopic (exact) mass is 817 g/mol. The molecule has 10 aromatic rings. The molecule has 0 bridgehead atoms. The molecule has 2 aromatic heterocycles. The molecule has 0 amide bonds. The van der Waals surface area contributed by atoms with Crippen molar-refractivity contribution < 1.29 is 4.42 Å². The first-order valence-electron chi connectivity index (χ1n) is 22.4. The van der Waals surface area contributed by atoms with Crippen LogP contribution >= 0.6 is 11.3 Å². The van der Waals surface area contributed by atoms with Gasteiger partial charge < -0.3 is 9.32 Å². The highest BCUT2D eigenvalue weighted by atomic mass is 32.1. The molecule has 1 atom stereocenters. The van der Waals surface area contributed by atoms with E-state index in [1.807, 2.05) is 11.3 Å². The van der Waals surface area contributed by atoms with E-state index in [-0.39, 0.29) is 0 Å². The predicted molar refractivity (Wildman–Crippen MR) is 265 cm³/mol. The number of anilines is 3. The summed E-state index contributed by atoms with van der Waals surface area (Å²) in [5, 5.41) is 6.61. The third-order valence-electron chi connectivity index (χ3n) is 13.8. The highest BCUT2D eigenvalue weighted by Crippen LogP contribution is 2.47. The number of hydrogen-bond donors (Lipinski definition) is 0. The third kappa shape index (κ3) is 6.29. The van der Waals surface area contributed by atoms with Crippen molar-refractivity contribution in [3.05, 3.63) is 198 Å². The van der Waals surface area contributed by atoms with Gasteiger partial charge in [0.1, 0.15) is 11.3 Å². The van der Waals surface area contributed by atoms with Crippen LogP contribution in [0.3, 0.4) is 0 Å². The molecule has 1 saturated carbocycles. The van der Waals surface area contributed by atoms with Crippen molar-refractivity contribution in [2.75, 3.05) is 4.90 Å². The molecule has 1 fully saturated rings. The Morgan fingerprint density at radius 2 is 1.19 bits per heavy atom. The fourth-order valence-corrected chi connectivity index (χ4v) is 12.0. The maximum atomic E-state index is 6.40. The zero-order valence-electron chi connectivity index (χ0n) is 35.0. The molecule has 0 saturated heterocycles. The molecule has 12 rings (SSSR count). The Hall–Kier alpha value is -6.68. The summed E-state index contributed by atoms with van der Waals surface area (Å²) in [6, 6.07) is 65.4. The molecule has 2 aliphatic rings. The molecule has 0 N–H and O–H groups in total. The Balaban J connectivity index is 0.997. The lowest BCUT2D eigenvalue weighted by Gasteiger charge is -2.29. The summed E-state index contributed by atoms with van der Waals surface area (Å²) in [4.78, 5) is 2.47. The quantitative estimate of drug-likeness (QED) is 0.159. The molecule has 62 heavy (non-hydrogen) atoms. The van der Waals surface area contributed by atoms with Gasteiger partial charge in [-0.3, -0.25) is 0 Å². The van der Waals surface area contributed by atoms with Gasteiger partial charge in [0.25, 0.3) is 0 Å². The number of nitrogens with zero attached hydrogens (tertiary/aromatic N) is 1. The van der Waals surface area contributed by atoms with E-state index in [1.165, 1.54) is 119 Å². The van der Waals surface area contributed by atoms with Crippen molar-refractivity contribution in [3.8, 4) is 22.3 Å². The van der Waals surface area contributed by atoms with Gasteiger partial charge in [-0.1, -0.05) is 160 Å². The van der Waals surface area contributed by atoms with Crippen molar-refractivity contribution >= 4 is 82.0 Å². The van der Waals surface area contributed by atoms with E-state index >= 15 is 0 Å². The highest BCUT2D eigenvalue weighted by molar-refractivity contribution is 7.26. The summed E-state index contributed by atoms with van der Waals surface area (Å²) < 4.78 is 9.06. The average Bonchev–Trinajstić information content (AvgIpc) is 3.90.